The van der Waals surface area contributed by atoms with E-state index < -0.39 is 29.3 Å². The van der Waals surface area contributed by atoms with Crippen molar-refractivity contribution >= 4 is 27.6 Å². The van der Waals surface area contributed by atoms with Crippen molar-refractivity contribution in [3.63, 3.8) is 0 Å². The Morgan fingerprint density at radius 3 is 2.34 bits per heavy atom. The SMILES string of the molecule is O=C(O)c1ccc(-n2cc(CNc3ccc(Br)c(C(F)(F)F)c3)c(-c3ccc(F)c(F)c3)n2)cc1. The molecule has 0 saturated carbocycles. The fraction of sp³-hybridized carbons (Fsp3) is 0.0833. The summed E-state index contributed by atoms with van der Waals surface area (Å²) in [5.74, 6) is -3.21. The molecule has 0 radical (unpaired) electrons. The third-order valence-corrected chi connectivity index (χ3v) is 5.81. The summed E-state index contributed by atoms with van der Waals surface area (Å²) in [5.41, 5.74) is 0.912. The van der Waals surface area contributed by atoms with Crippen molar-refractivity contribution in [3.05, 3.63) is 99.7 Å². The lowest BCUT2D eigenvalue weighted by Crippen LogP contribution is -2.08. The number of benzene rings is 3. The molecule has 0 aliphatic rings. The Bertz CT molecular complexity index is 1400. The second kappa shape index (κ2) is 9.49. The van der Waals surface area contributed by atoms with Crippen LogP contribution in [0.2, 0.25) is 0 Å². The van der Waals surface area contributed by atoms with Gasteiger partial charge in [0, 0.05) is 34.0 Å². The molecule has 0 aliphatic carbocycles. The molecule has 0 bridgehead atoms. The fourth-order valence-corrected chi connectivity index (χ4v) is 3.84. The molecule has 0 amide bonds. The summed E-state index contributed by atoms with van der Waals surface area (Å²) < 4.78 is 68.4. The molecule has 1 aromatic heterocycles. The molecule has 1 heterocycles. The van der Waals surface area contributed by atoms with E-state index in [1.54, 1.807) is 6.20 Å². The Labute approximate surface area is 204 Å². The van der Waals surface area contributed by atoms with E-state index in [1.165, 1.54) is 47.1 Å². The Kier molecular flexibility index (Phi) is 6.62. The van der Waals surface area contributed by atoms with Gasteiger partial charge in [-0.15, -0.1) is 0 Å². The van der Waals surface area contributed by atoms with Gasteiger partial charge in [0.1, 0.15) is 0 Å². The normalized spacial score (nSPS) is 11.5. The topological polar surface area (TPSA) is 67.2 Å². The van der Waals surface area contributed by atoms with E-state index >= 15 is 0 Å². The van der Waals surface area contributed by atoms with E-state index in [4.69, 9.17) is 5.11 Å². The minimum atomic E-state index is -4.56. The molecule has 0 atom stereocenters. The van der Waals surface area contributed by atoms with Crippen molar-refractivity contribution in [2.24, 2.45) is 0 Å². The van der Waals surface area contributed by atoms with Crippen molar-refractivity contribution in [1.29, 1.82) is 0 Å². The molecule has 0 saturated heterocycles. The second-order valence-electron chi connectivity index (χ2n) is 7.47. The number of hydrogen-bond acceptors (Lipinski definition) is 3. The maximum Gasteiger partial charge on any atom is 0.417 e. The van der Waals surface area contributed by atoms with Crippen LogP contribution in [0.15, 0.2) is 71.3 Å². The largest absolute Gasteiger partial charge is 0.478 e. The number of carboxylic acid groups (broad SMARTS) is 1. The summed E-state index contributed by atoms with van der Waals surface area (Å²) in [4.78, 5) is 11.1. The van der Waals surface area contributed by atoms with Crippen molar-refractivity contribution in [3.8, 4) is 16.9 Å². The monoisotopic (exact) mass is 551 g/mol. The number of aromatic carboxylic acids is 1. The number of hydrogen-bond donors (Lipinski definition) is 2. The van der Waals surface area contributed by atoms with Gasteiger partial charge in [-0.1, -0.05) is 15.9 Å². The van der Waals surface area contributed by atoms with Crippen LogP contribution >= 0.6 is 15.9 Å². The van der Waals surface area contributed by atoms with Crippen LogP contribution in [-0.2, 0) is 12.7 Å². The molecule has 11 heteroatoms. The van der Waals surface area contributed by atoms with Crippen LogP contribution in [0.3, 0.4) is 0 Å². The molecule has 0 aliphatic heterocycles. The van der Waals surface area contributed by atoms with E-state index in [2.05, 4.69) is 26.3 Å². The molecule has 5 nitrogen and oxygen atoms in total. The summed E-state index contributed by atoms with van der Waals surface area (Å²) in [6.07, 6.45) is -2.98. The van der Waals surface area contributed by atoms with Crippen molar-refractivity contribution < 1.29 is 31.9 Å². The van der Waals surface area contributed by atoms with Gasteiger partial charge in [-0.25, -0.2) is 18.3 Å². The Morgan fingerprint density at radius 2 is 1.71 bits per heavy atom. The first-order valence-electron chi connectivity index (χ1n) is 10.0. The molecular formula is C24H15BrF5N3O2. The molecule has 0 unspecified atom stereocenters. The minimum absolute atomic E-state index is 0.0144. The van der Waals surface area contributed by atoms with Crippen LogP contribution in [0.5, 0.6) is 0 Å². The third-order valence-electron chi connectivity index (χ3n) is 5.12. The van der Waals surface area contributed by atoms with E-state index in [0.717, 1.165) is 18.2 Å². The molecule has 4 rings (SSSR count). The molecule has 180 valence electrons. The number of carboxylic acids is 1. The summed E-state index contributed by atoms with van der Waals surface area (Å²) in [5, 5.41) is 16.4. The zero-order chi connectivity index (χ0) is 25.3. The smallest absolute Gasteiger partial charge is 0.417 e. The Morgan fingerprint density at radius 1 is 1.00 bits per heavy atom. The van der Waals surface area contributed by atoms with Crippen LogP contribution in [0.25, 0.3) is 16.9 Å². The van der Waals surface area contributed by atoms with Crippen LogP contribution in [0, 0.1) is 11.6 Å². The van der Waals surface area contributed by atoms with Crippen LogP contribution in [0.1, 0.15) is 21.5 Å². The van der Waals surface area contributed by atoms with E-state index in [9.17, 15) is 26.7 Å². The van der Waals surface area contributed by atoms with Crippen molar-refractivity contribution in [1.82, 2.24) is 9.78 Å². The first-order valence-corrected chi connectivity index (χ1v) is 10.8. The standard InChI is InChI=1S/C24H15BrF5N3O2/c25-19-7-4-16(10-18(19)24(28,29)30)31-11-15-12-33(17-5-1-13(2-6-17)23(34)35)32-22(15)14-3-8-20(26)21(27)9-14/h1-10,12,31H,11H2,(H,34,35). The molecule has 3 aromatic carbocycles. The number of carbonyl (C=O) groups is 1. The summed E-state index contributed by atoms with van der Waals surface area (Å²) in [6.45, 7) is 0.0144. The Hall–Kier alpha value is -3.73. The number of nitrogens with one attached hydrogen (secondary N) is 1. The number of aromatic nitrogens is 2. The van der Waals surface area contributed by atoms with E-state index in [-0.39, 0.29) is 33.5 Å². The van der Waals surface area contributed by atoms with E-state index in [0.29, 0.717) is 11.3 Å². The van der Waals surface area contributed by atoms with Crippen LogP contribution in [-0.4, -0.2) is 20.9 Å². The summed E-state index contributed by atoms with van der Waals surface area (Å²) >= 11 is 2.90. The first-order chi connectivity index (χ1) is 16.5. The van der Waals surface area contributed by atoms with Crippen molar-refractivity contribution in [2.75, 3.05) is 5.32 Å². The predicted octanol–water partition coefficient (Wildman–Crippen LogP) is 6.91. The van der Waals surface area contributed by atoms with Crippen LogP contribution < -0.4 is 5.32 Å². The van der Waals surface area contributed by atoms with Gasteiger partial charge in [0.15, 0.2) is 11.6 Å². The van der Waals surface area contributed by atoms with Gasteiger partial charge in [-0.2, -0.15) is 18.3 Å². The average Bonchev–Trinajstić information content (AvgIpc) is 3.24. The number of anilines is 1. The zero-order valence-corrected chi connectivity index (χ0v) is 19.2. The fourth-order valence-electron chi connectivity index (χ4n) is 3.36. The number of rotatable bonds is 6. The van der Waals surface area contributed by atoms with Gasteiger partial charge in [-0.3, -0.25) is 0 Å². The lowest BCUT2D eigenvalue weighted by atomic mass is 10.1. The zero-order valence-electron chi connectivity index (χ0n) is 17.6. The highest BCUT2D eigenvalue weighted by atomic mass is 79.9. The maximum atomic E-state index is 13.9. The summed E-state index contributed by atoms with van der Waals surface area (Å²) in [6, 6.07) is 12.8. The molecule has 2 N–H and O–H groups in total. The second-order valence-corrected chi connectivity index (χ2v) is 8.33. The highest BCUT2D eigenvalue weighted by molar-refractivity contribution is 9.10. The first kappa shape index (κ1) is 24.4. The average molecular weight is 552 g/mol. The number of nitrogens with zero attached hydrogens (tertiary/aromatic N) is 2. The molecule has 0 spiro atoms. The quantitative estimate of drug-likeness (QED) is 0.255. The van der Waals surface area contributed by atoms with Crippen LogP contribution in [0.4, 0.5) is 27.6 Å². The molecule has 0 fully saturated rings. The van der Waals surface area contributed by atoms with Gasteiger partial charge in [-0.05, 0) is 60.7 Å². The van der Waals surface area contributed by atoms with Gasteiger partial charge in [0.2, 0.25) is 0 Å². The number of alkyl halides is 3. The molecular weight excluding hydrogens is 537 g/mol. The highest BCUT2D eigenvalue weighted by Gasteiger charge is 2.33. The molecule has 35 heavy (non-hydrogen) atoms. The van der Waals surface area contributed by atoms with Gasteiger partial charge >= 0.3 is 12.1 Å². The third kappa shape index (κ3) is 5.35. The number of halogens is 6. The minimum Gasteiger partial charge on any atom is -0.478 e. The molecule has 4 aromatic rings. The lowest BCUT2D eigenvalue weighted by Gasteiger charge is -2.12. The highest BCUT2D eigenvalue weighted by Crippen LogP contribution is 2.36. The maximum absolute atomic E-state index is 13.9. The summed E-state index contributed by atoms with van der Waals surface area (Å²) in [7, 11) is 0. The van der Waals surface area contributed by atoms with Gasteiger partial charge in [0.25, 0.3) is 0 Å². The van der Waals surface area contributed by atoms with Gasteiger partial charge in [0.05, 0.1) is 22.5 Å². The van der Waals surface area contributed by atoms with Gasteiger partial charge < -0.3 is 10.4 Å². The Balaban J connectivity index is 1.71. The van der Waals surface area contributed by atoms with Crippen molar-refractivity contribution in [2.45, 2.75) is 12.7 Å². The lowest BCUT2D eigenvalue weighted by molar-refractivity contribution is -0.138. The van der Waals surface area contributed by atoms with E-state index in [1.807, 2.05) is 0 Å². The predicted molar refractivity (Wildman–Crippen MR) is 122 cm³/mol.